The highest BCUT2D eigenvalue weighted by Gasteiger charge is 2.08. The minimum absolute atomic E-state index is 0.916. The van der Waals surface area contributed by atoms with Crippen LogP contribution < -0.4 is 0 Å². The second kappa shape index (κ2) is 9.45. The summed E-state index contributed by atoms with van der Waals surface area (Å²) in [5, 5.41) is 4.17. The first-order valence-electron chi connectivity index (χ1n) is 9.97. The number of hydrogen-bond acceptors (Lipinski definition) is 4. The van der Waals surface area contributed by atoms with Gasteiger partial charge in [-0.3, -0.25) is 9.97 Å². The van der Waals surface area contributed by atoms with E-state index in [0.29, 0.717) is 0 Å². The number of thiophene rings is 2. The zero-order valence-electron chi connectivity index (χ0n) is 16.9. The molecule has 150 valence electrons. The first-order chi connectivity index (χ1) is 15.9. The molecule has 0 N–H and O–H groups in total. The van der Waals surface area contributed by atoms with Gasteiger partial charge in [0.15, 0.2) is 0 Å². The third-order valence-corrected chi connectivity index (χ3v) is 6.46. The van der Waals surface area contributed by atoms with Crippen LogP contribution in [0.25, 0.3) is 22.3 Å². The molecular weight excluding hydrogens is 428 g/mol. The summed E-state index contributed by atoms with van der Waals surface area (Å²) >= 11 is 3.31. The highest BCUT2D eigenvalue weighted by molar-refractivity contribution is 7.11. The van der Waals surface area contributed by atoms with E-state index >= 15 is 0 Å². The van der Waals surface area contributed by atoms with Crippen LogP contribution in [0.3, 0.4) is 0 Å². The van der Waals surface area contributed by atoms with Crippen LogP contribution in [0.5, 0.6) is 0 Å². The molecule has 0 unspecified atom stereocenters. The molecule has 0 saturated heterocycles. The van der Waals surface area contributed by atoms with E-state index in [4.69, 9.17) is 0 Å². The third kappa shape index (κ3) is 4.53. The number of rotatable bonds is 2. The average Bonchev–Trinajstić information content (AvgIpc) is 3.52. The van der Waals surface area contributed by atoms with Gasteiger partial charge in [0.25, 0.3) is 0 Å². The number of hydrogen-bond donors (Lipinski definition) is 0. The molecule has 1 aromatic carbocycles. The number of pyridine rings is 2. The number of nitrogens with zero attached hydrogens (tertiary/aromatic N) is 2. The summed E-state index contributed by atoms with van der Waals surface area (Å²) in [5.74, 6) is 13.0. The van der Waals surface area contributed by atoms with Gasteiger partial charge in [0.2, 0.25) is 0 Å². The van der Waals surface area contributed by atoms with Gasteiger partial charge in [-0.25, -0.2) is 0 Å². The normalized spacial score (nSPS) is 10.0. The topological polar surface area (TPSA) is 25.8 Å². The van der Waals surface area contributed by atoms with Gasteiger partial charge in [-0.2, -0.15) is 0 Å². The maximum Gasteiger partial charge on any atom is 0.0850 e. The maximum atomic E-state index is 4.13. The van der Waals surface area contributed by atoms with E-state index in [1.165, 1.54) is 0 Å². The lowest BCUT2D eigenvalue weighted by molar-refractivity contribution is 1.31. The predicted octanol–water partition coefficient (Wildman–Crippen LogP) is 6.73. The summed E-state index contributed by atoms with van der Waals surface area (Å²) < 4.78 is 0. The van der Waals surface area contributed by atoms with Gasteiger partial charge >= 0.3 is 0 Å². The van der Waals surface area contributed by atoms with Gasteiger partial charge in [-0.05, 0) is 70.1 Å². The smallest absolute Gasteiger partial charge is 0.0850 e. The zero-order chi connectivity index (χ0) is 21.6. The molecule has 0 bridgehead atoms. The molecule has 0 aliphatic heterocycles. The Bertz CT molecular complexity index is 1340. The van der Waals surface area contributed by atoms with Crippen molar-refractivity contribution >= 4 is 22.7 Å². The van der Waals surface area contributed by atoms with Gasteiger partial charge < -0.3 is 0 Å². The van der Waals surface area contributed by atoms with Crippen LogP contribution >= 0.6 is 22.7 Å². The van der Waals surface area contributed by atoms with Gasteiger partial charge in [0, 0.05) is 47.0 Å². The summed E-state index contributed by atoms with van der Waals surface area (Å²) in [5.41, 5.74) is 6.45. The predicted molar refractivity (Wildman–Crippen MR) is 134 cm³/mol. The fraction of sp³-hybridized carbons (Fsp3) is 0. The van der Waals surface area contributed by atoms with Crippen LogP contribution in [-0.2, 0) is 0 Å². The largest absolute Gasteiger partial charge is 0.263 e. The molecular formula is C28H16N2S2. The second-order valence-electron chi connectivity index (χ2n) is 6.89. The van der Waals surface area contributed by atoms with Crippen molar-refractivity contribution in [2.24, 2.45) is 0 Å². The summed E-state index contributed by atoms with van der Waals surface area (Å²) in [4.78, 5) is 10.4. The Balaban J connectivity index is 1.41. The van der Waals surface area contributed by atoms with Crippen molar-refractivity contribution in [3.63, 3.8) is 0 Å². The fourth-order valence-corrected chi connectivity index (χ4v) is 4.75. The molecule has 4 aromatic heterocycles. The Morgan fingerprint density at radius 3 is 1.41 bits per heavy atom. The van der Waals surface area contributed by atoms with Crippen molar-refractivity contribution in [3.8, 4) is 45.9 Å². The van der Waals surface area contributed by atoms with Crippen LogP contribution in [-0.4, -0.2) is 9.97 Å². The van der Waals surface area contributed by atoms with E-state index in [0.717, 1.165) is 43.1 Å². The van der Waals surface area contributed by atoms with Crippen molar-refractivity contribution in [2.75, 3.05) is 0 Å². The molecule has 0 amide bonds. The molecule has 0 fully saturated rings. The highest BCUT2D eigenvalue weighted by Crippen LogP contribution is 2.32. The average molecular weight is 445 g/mol. The van der Waals surface area contributed by atoms with Gasteiger partial charge in [-0.15, -0.1) is 22.7 Å². The van der Waals surface area contributed by atoms with Crippen molar-refractivity contribution < 1.29 is 0 Å². The van der Waals surface area contributed by atoms with Crippen molar-refractivity contribution in [1.82, 2.24) is 9.97 Å². The van der Waals surface area contributed by atoms with Gasteiger partial charge in [0.1, 0.15) is 0 Å². The molecule has 4 heterocycles. The van der Waals surface area contributed by atoms with Crippen LogP contribution in [0.4, 0.5) is 0 Å². The first-order valence-corrected chi connectivity index (χ1v) is 11.7. The third-order valence-electron chi connectivity index (χ3n) is 4.80. The Morgan fingerprint density at radius 2 is 1.00 bits per heavy atom. The van der Waals surface area contributed by atoms with E-state index < -0.39 is 0 Å². The van der Waals surface area contributed by atoms with E-state index in [-0.39, 0.29) is 0 Å². The minimum Gasteiger partial charge on any atom is -0.263 e. The highest BCUT2D eigenvalue weighted by atomic mass is 32.1. The van der Waals surface area contributed by atoms with Gasteiger partial charge in [0.05, 0.1) is 9.75 Å². The van der Waals surface area contributed by atoms with Gasteiger partial charge in [-0.1, -0.05) is 36.1 Å². The Morgan fingerprint density at radius 1 is 0.531 bits per heavy atom. The van der Waals surface area contributed by atoms with Crippen molar-refractivity contribution in [3.05, 3.63) is 117 Å². The zero-order valence-corrected chi connectivity index (χ0v) is 18.6. The van der Waals surface area contributed by atoms with Crippen LogP contribution in [0, 0.1) is 23.7 Å². The maximum absolute atomic E-state index is 4.13. The lowest BCUT2D eigenvalue weighted by Gasteiger charge is -2.04. The minimum atomic E-state index is 0.916. The van der Waals surface area contributed by atoms with E-state index in [9.17, 15) is 0 Å². The molecule has 0 aliphatic rings. The Labute approximate surface area is 195 Å². The van der Waals surface area contributed by atoms with E-state index in [2.05, 4.69) is 80.8 Å². The number of aromatic nitrogens is 2. The molecule has 0 atom stereocenters. The molecule has 0 radical (unpaired) electrons. The fourth-order valence-electron chi connectivity index (χ4n) is 3.23. The first kappa shape index (κ1) is 20.0. The molecule has 5 aromatic rings. The molecule has 5 rings (SSSR count). The van der Waals surface area contributed by atoms with Crippen molar-refractivity contribution in [1.29, 1.82) is 0 Å². The quantitative estimate of drug-likeness (QED) is 0.282. The SMILES string of the molecule is C(#Cc1sccc1-c1ccc(-c2ccsc2C#Cc2cccnc2)cc1)c1cccnc1. The van der Waals surface area contributed by atoms with Crippen molar-refractivity contribution in [2.45, 2.75) is 0 Å². The summed E-state index contributed by atoms with van der Waals surface area (Å²) in [6, 6.07) is 20.6. The molecule has 0 saturated carbocycles. The number of benzene rings is 1. The van der Waals surface area contributed by atoms with Crippen LogP contribution in [0.2, 0.25) is 0 Å². The molecule has 0 aliphatic carbocycles. The lowest BCUT2D eigenvalue weighted by atomic mass is 10.0. The monoisotopic (exact) mass is 444 g/mol. The molecule has 32 heavy (non-hydrogen) atoms. The van der Waals surface area contributed by atoms with E-state index in [1.807, 2.05) is 24.3 Å². The standard InChI is InChI=1S/C28H16N2S2/c1-3-21(19-29-15-1)5-11-27-25(13-17-31-27)23-7-9-24(10-8-23)26-14-18-32-28(26)12-6-22-4-2-16-30-20-22/h1-4,7-10,13-20H. The lowest BCUT2D eigenvalue weighted by Crippen LogP contribution is -1.82. The molecule has 4 heteroatoms. The second-order valence-corrected chi connectivity index (χ2v) is 8.72. The molecule has 2 nitrogen and oxygen atoms in total. The Kier molecular flexibility index (Phi) is 5.90. The summed E-state index contributed by atoms with van der Waals surface area (Å²) in [6.07, 6.45) is 7.08. The van der Waals surface area contributed by atoms with Crippen LogP contribution in [0.1, 0.15) is 20.9 Å². The molecule has 0 spiro atoms. The van der Waals surface area contributed by atoms with Crippen LogP contribution in [0.15, 0.2) is 96.2 Å². The summed E-state index contributed by atoms with van der Waals surface area (Å²) in [6.45, 7) is 0. The summed E-state index contributed by atoms with van der Waals surface area (Å²) in [7, 11) is 0. The van der Waals surface area contributed by atoms with E-state index in [1.54, 1.807) is 47.5 Å². The Hall–Kier alpha value is -3.96.